The molecule has 0 unspecified atom stereocenters. The second kappa shape index (κ2) is 10.0. The number of nitrogens with zero attached hydrogens (tertiary/aromatic N) is 3. The van der Waals surface area contributed by atoms with E-state index in [1.165, 1.54) is 4.68 Å². The maximum Gasteiger partial charge on any atom is 0.275 e. The number of nitrogens with one attached hydrogen (secondary N) is 1. The van der Waals surface area contributed by atoms with Crippen LogP contribution in [0.3, 0.4) is 0 Å². The van der Waals surface area contributed by atoms with Crippen LogP contribution in [-0.2, 0) is 13.1 Å². The summed E-state index contributed by atoms with van der Waals surface area (Å²) in [7, 11) is 0. The Kier molecular flexibility index (Phi) is 6.30. The van der Waals surface area contributed by atoms with E-state index in [0.717, 1.165) is 5.69 Å². The minimum atomic E-state index is -0.301. The summed E-state index contributed by atoms with van der Waals surface area (Å²) in [5.41, 5.74) is 1.51. The molecule has 0 aliphatic rings. The molecule has 3 aromatic carbocycles. The summed E-state index contributed by atoms with van der Waals surface area (Å²) in [4.78, 5) is 30.4. The largest absolute Gasteiger partial charge is 0.457 e. The van der Waals surface area contributed by atoms with Crippen molar-refractivity contribution in [1.82, 2.24) is 20.1 Å². The van der Waals surface area contributed by atoms with Crippen LogP contribution < -0.4 is 15.6 Å². The van der Waals surface area contributed by atoms with Crippen LogP contribution in [0.1, 0.15) is 21.7 Å². The SMILES string of the molecule is O=C(NCc1nn(Cc2ccccn2)c(=O)c2ccccc12)c1ccccc1Oc1ccccc1. The summed E-state index contributed by atoms with van der Waals surface area (Å²) < 4.78 is 7.31. The molecule has 0 spiro atoms. The molecule has 7 nitrogen and oxygen atoms in total. The lowest BCUT2D eigenvalue weighted by Gasteiger charge is -2.13. The highest BCUT2D eigenvalue weighted by Crippen LogP contribution is 2.25. The van der Waals surface area contributed by atoms with Gasteiger partial charge in [-0.05, 0) is 42.5 Å². The zero-order chi connectivity index (χ0) is 24.0. The van der Waals surface area contributed by atoms with Crippen molar-refractivity contribution in [2.45, 2.75) is 13.1 Å². The zero-order valence-corrected chi connectivity index (χ0v) is 18.8. The van der Waals surface area contributed by atoms with Crippen molar-refractivity contribution in [2.24, 2.45) is 0 Å². The number of carbonyl (C=O) groups is 1. The van der Waals surface area contributed by atoms with Crippen LogP contribution in [0.25, 0.3) is 10.8 Å². The van der Waals surface area contributed by atoms with Gasteiger partial charge in [-0.25, -0.2) is 4.68 Å². The Morgan fingerprint density at radius 1 is 0.829 bits per heavy atom. The lowest BCUT2D eigenvalue weighted by Crippen LogP contribution is -2.29. The van der Waals surface area contributed by atoms with Gasteiger partial charge in [-0.1, -0.05) is 54.6 Å². The Bertz CT molecular complexity index is 1530. The Morgan fingerprint density at radius 2 is 1.54 bits per heavy atom. The number of ether oxygens (including phenoxy) is 1. The monoisotopic (exact) mass is 462 g/mol. The molecule has 0 saturated carbocycles. The molecule has 35 heavy (non-hydrogen) atoms. The third kappa shape index (κ3) is 4.94. The molecule has 172 valence electrons. The average molecular weight is 463 g/mol. The third-order valence-corrected chi connectivity index (χ3v) is 5.50. The number of pyridine rings is 1. The number of hydrogen-bond donors (Lipinski definition) is 1. The molecule has 0 radical (unpaired) electrons. The number of amides is 1. The average Bonchev–Trinajstić information content (AvgIpc) is 2.91. The Hall–Kier alpha value is -4.78. The topological polar surface area (TPSA) is 86.1 Å². The lowest BCUT2D eigenvalue weighted by atomic mass is 10.1. The van der Waals surface area contributed by atoms with Crippen LogP contribution in [0.5, 0.6) is 11.5 Å². The second-order valence-electron chi connectivity index (χ2n) is 7.87. The van der Waals surface area contributed by atoms with Crippen LogP contribution in [0.4, 0.5) is 0 Å². The van der Waals surface area contributed by atoms with Gasteiger partial charge in [-0.2, -0.15) is 5.10 Å². The maximum absolute atomic E-state index is 13.1. The summed E-state index contributed by atoms with van der Waals surface area (Å²) in [6.45, 7) is 0.376. The fraction of sp³-hybridized carbons (Fsp3) is 0.0714. The van der Waals surface area contributed by atoms with Gasteiger partial charge in [0.1, 0.15) is 11.5 Å². The van der Waals surface area contributed by atoms with Gasteiger partial charge in [0.05, 0.1) is 35.4 Å². The standard InChI is InChI=1S/C28H22N4O3/c33-27(24-15-6-7-16-26(24)35-21-11-2-1-3-12-21)30-18-25-22-13-4-5-14-23(22)28(34)32(31-25)19-20-10-8-9-17-29-20/h1-17H,18-19H2,(H,30,33). The first kappa shape index (κ1) is 22.0. The molecule has 0 saturated heterocycles. The zero-order valence-electron chi connectivity index (χ0n) is 18.8. The molecular formula is C28H22N4O3. The van der Waals surface area contributed by atoms with Gasteiger partial charge in [0.25, 0.3) is 11.5 Å². The lowest BCUT2D eigenvalue weighted by molar-refractivity contribution is 0.0948. The Morgan fingerprint density at radius 3 is 2.34 bits per heavy atom. The highest BCUT2D eigenvalue weighted by Gasteiger charge is 2.15. The number of aromatic nitrogens is 3. The van der Waals surface area contributed by atoms with Crippen LogP contribution >= 0.6 is 0 Å². The van der Waals surface area contributed by atoms with Crippen molar-refractivity contribution < 1.29 is 9.53 Å². The molecule has 0 fully saturated rings. The van der Waals surface area contributed by atoms with E-state index in [2.05, 4.69) is 15.4 Å². The van der Waals surface area contributed by atoms with E-state index >= 15 is 0 Å². The van der Waals surface area contributed by atoms with E-state index in [1.807, 2.05) is 72.8 Å². The van der Waals surface area contributed by atoms with Crippen LogP contribution in [0.15, 0.2) is 108 Å². The first-order valence-electron chi connectivity index (χ1n) is 11.2. The Balaban J connectivity index is 1.42. The van der Waals surface area contributed by atoms with Gasteiger partial charge in [0.2, 0.25) is 0 Å². The molecule has 2 aromatic heterocycles. The Labute approximate surface area is 201 Å². The van der Waals surface area contributed by atoms with E-state index in [0.29, 0.717) is 33.5 Å². The summed E-state index contributed by atoms with van der Waals surface area (Å²) in [6, 6.07) is 29.2. The summed E-state index contributed by atoms with van der Waals surface area (Å²) in [5, 5.41) is 8.74. The smallest absolute Gasteiger partial charge is 0.275 e. The quantitative estimate of drug-likeness (QED) is 0.383. The van der Waals surface area contributed by atoms with Gasteiger partial charge < -0.3 is 10.1 Å². The van der Waals surface area contributed by atoms with Crippen LogP contribution in [0.2, 0.25) is 0 Å². The van der Waals surface area contributed by atoms with Gasteiger partial charge in [-0.15, -0.1) is 0 Å². The van der Waals surface area contributed by atoms with Gasteiger partial charge in [0.15, 0.2) is 0 Å². The molecule has 1 amide bonds. The molecule has 0 aliphatic carbocycles. The fourth-order valence-corrected chi connectivity index (χ4v) is 3.81. The van der Waals surface area contributed by atoms with Crippen molar-refractivity contribution >= 4 is 16.7 Å². The number of hydrogen-bond acceptors (Lipinski definition) is 5. The molecule has 5 aromatic rings. The number of fused-ring (bicyclic) bond motifs is 1. The predicted molar refractivity (Wildman–Crippen MR) is 133 cm³/mol. The molecule has 0 aliphatic heterocycles. The van der Waals surface area contributed by atoms with Gasteiger partial charge in [0, 0.05) is 11.6 Å². The van der Waals surface area contributed by atoms with Crippen molar-refractivity contribution in [1.29, 1.82) is 0 Å². The molecule has 0 atom stereocenters. The molecule has 0 bridgehead atoms. The van der Waals surface area contributed by atoms with E-state index in [1.54, 1.807) is 30.5 Å². The van der Waals surface area contributed by atoms with Crippen molar-refractivity contribution in [2.75, 3.05) is 0 Å². The van der Waals surface area contributed by atoms with Crippen LogP contribution in [-0.4, -0.2) is 20.7 Å². The highest BCUT2D eigenvalue weighted by atomic mass is 16.5. The van der Waals surface area contributed by atoms with Crippen molar-refractivity contribution in [3.05, 3.63) is 131 Å². The molecular weight excluding hydrogens is 440 g/mol. The van der Waals surface area contributed by atoms with E-state index in [9.17, 15) is 9.59 Å². The minimum Gasteiger partial charge on any atom is -0.457 e. The van der Waals surface area contributed by atoms with Gasteiger partial charge in [-0.3, -0.25) is 14.6 Å². The van der Waals surface area contributed by atoms with Gasteiger partial charge >= 0.3 is 0 Å². The van der Waals surface area contributed by atoms with Crippen molar-refractivity contribution in [3.63, 3.8) is 0 Å². The number of rotatable bonds is 7. The second-order valence-corrected chi connectivity index (χ2v) is 7.87. The van der Waals surface area contributed by atoms with E-state index < -0.39 is 0 Å². The fourth-order valence-electron chi connectivity index (χ4n) is 3.81. The third-order valence-electron chi connectivity index (χ3n) is 5.50. The maximum atomic E-state index is 13.1. The van der Waals surface area contributed by atoms with E-state index in [4.69, 9.17) is 4.74 Å². The van der Waals surface area contributed by atoms with E-state index in [-0.39, 0.29) is 24.6 Å². The molecule has 1 N–H and O–H groups in total. The highest BCUT2D eigenvalue weighted by molar-refractivity contribution is 5.97. The first-order chi connectivity index (χ1) is 17.2. The normalized spacial score (nSPS) is 10.7. The molecule has 2 heterocycles. The molecule has 7 heteroatoms. The van der Waals surface area contributed by atoms with Crippen LogP contribution in [0, 0.1) is 0 Å². The first-order valence-corrected chi connectivity index (χ1v) is 11.2. The van der Waals surface area contributed by atoms with Crippen molar-refractivity contribution in [3.8, 4) is 11.5 Å². The summed E-state index contributed by atoms with van der Waals surface area (Å²) >= 11 is 0. The minimum absolute atomic E-state index is 0.140. The summed E-state index contributed by atoms with van der Waals surface area (Å²) in [5.74, 6) is 0.793. The predicted octanol–water partition coefficient (Wildman–Crippen LogP) is 4.56. The number of benzene rings is 3. The number of para-hydroxylation sites is 2. The molecule has 5 rings (SSSR count). The summed E-state index contributed by atoms with van der Waals surface area (Å²) in [6.07, 6.45) is 1.68. The number of carbonyl (C=O) groups excluding carboxylic acids is 1.